The van der Waals surface area contributed by atoms with Gasteiger partial charge < -0.3 is 29.7 Å². The summed E-state index contributed by atoms with van der Waals surface area (Å²) in [7, 11) is 0. The van der Waals surface area contributed by atoms with E-state index in [1.165, 1.54) is 0 Å². The van der Waals surface area contributed by atoms with Crippen molar-refractivity contribution in [2.45, 2.75) is 62.3 Å². The predicted molar refractivity (Wildman–Crippen MR) is 121 cm³/mol. The Morgan fingerprint density at radius 1 is 0.571 bits per heavy atom. The van der Waals surface area contributed by atoms with Crippen LogP contribution in [0.1, 0.15) is 62.3 Å². The van der Waals surface area contributed by atoms with Gasteiger partial charge in [-0.2, -0.15) is 0 Å². The molecule has 0 N–H and O–H groups in total. The zero-order chi connectivity index (χ0) is 26.5. The van der Waals surface area contributed by atoms with Gasteiger partial charge in [-0.05, 0) is 24.3 Å². The molecule has 0 saturated heterocycles. The normalized spacial score (nSPS) is 10.1. The Bertz CT molecular complexity index is 765. The van der Waals surface area contributed by atoms with Crippen LogP contribution >= 0.6 is 0 Å². The number of carbonyl (C=O) groups excluding carboxylic acids is 3. The van der Waals surface area contributed by atoms with E-state index in [-0.39, 0.29) is 46.3 Å². The summed E-state index contributed by atoms with van der Waals surface area (Å²) in [6, 6.07) is 11.6. The SMILES string of the molecule is CC(C)(C)C(=O)[O-].CC(C)(C)C(=O)[O-].CC(C)(C)C(=O)[O-].[Co+2].[Na+].c1ccc(-c2ccccn2)nc1. The fourth-order valence-electron chi connectivity index (χ4n) is 1.03. The molecule has 191 valence electrons. The molecule has 8 nitrogen and oxygen atoms in total. The van der Waals surface area contributed by atoms with E-state index in [0.717, 1.165) is 11.4 Å². The van der Waals surface area contributed by atoms with Crippen molar-refractivity contribution in [1.82, 2.24) is 9.97 Å². The zero-order valence-corrected chi connectivity index (χ0v) is 25.3. The minimum Gasteiger partial charge on any atom is -0.550 e. The molecule has 0 fully saturated rings. The number of pyridine rings is 2. The van der Waals surface area contributed by atoms with Crippen LogP contribution < -0.4 is 44.9 Å². The topological polar surface area (TPSA) is 146 Å². The van der Waals surface area contributed by atoms with Crippen LogP contribution in [0.3, 0.4) is 0 Å². The quantitative estimate of drug-likeness (QED) is 0.396. The number of rotatable bonds is 1. The molecule has 0 amide bonds. The molecule has 0 saturated carbocycles. The molecule has 0 spiro atoms. The molecule has 0 aromatic carbocycles. The van der Waals surface area contributed by atoms with Crippen LogP contribution in [0.2, 0.25) is 0 Å². The molecule has 0 aliphatic carbocycles. The van der Waals surface area contributed by atoms with Crippen molar-refractivity contribution in [1.29, 1.82) is 0 Å². The summed E-state index contributed by atoms with van der Waals surface area (Å²) in [5.41, 5.74) is -0.254. The molecule has 2 aromatic rings. The number of aromatic nitrogens is 2. The molecule has 0 bridgehead atoms. The Morgan fingerprint density at radius 3 is 0.886 bits per heavy atom. The third-order valence-electron chi connectivity index (χ3n) is 3.43. The second-order valence-corrected chi connectivity index (χ2v) is 10.0. The Morgan fingerprint density at radius 2 is 0.771 bits per heavy atom. The van der Waals surface area contributed by atoms with E-state index in [9.17, 15) is 29.7 Å². The molecule has 0 atom stereocenters. The van der Waals surface area contributed by atoms with Crippen LogP contribution in [0.15, 0.2) is 48.8 Å². The fourth-order valence-corrected chi connectivity index (χ4v) is 1.03. The van der Waals surface area contributed by atoms with Crippen molar-refractivity contribution in [3.63, 3.8) is 0 Å². The van der Waals surface area contributed by atoms with Gasteiger partial charge in [-0.3, -0.25) is 9.97 Å². The molecule has 2 heterocycles. The number of hydrogen-bond donors (Lipinski definition) is 0. The van der Waals surface area contributed by atoms with Crippen molar-refractivity contribution < 1.29 is 76.0 Å². The van der Waals surface area contributed by atoms with Gasteiger partial charge in [0.2, 0.25) is 0 Å². The van der Waals surface area contributed by atoms with E-state index >= 15 is 0 Å². The predicted octanol–water partition coefficient (Wildman–Crippen LogP) is -1.51. The number of nitrogens with zero attached hydrogens (tertiary/aromatic N) is 2. The Balaban J connectivity index is -0.000000187. The maximum Gasteiger partial charge on any atom is 2.00 e. The summed E-state index contributed by atoms with van der Waals surface area (Å²) in [5.74, 6) is -3.02. The van der Waals surface area contributed by atoms with Gasteiger partial charge in [0.25, 0.3) is 0 Å². The van der Waals surface area contributed by atoms with Gasteiger partial charge >= 0.3 is 46.3 Å². The van der Waals surface area contributed by atoms with E-state index in [1.807, 2.05) is 36.4 Å². The third-order valence-corrected chi connectivity index (χ3v) is 3.43. The first-order chi connectivity index (χ1) is 14.8. The largest absolute Gasteiger partial charge is 2.00 e. The molecule has 35 heavy (non-hydrogen) atoms. The number of aliphatic carboxylic acids is 3. The van der Waals surface area contributed by atoms with Crippen LogP contribution in [0.4, 0.5) is 0 Å². The number of carboxylic acids is 3. The van der Waals surface area contributed by atoms with E-state index in [4.69, 9.17) is 0 Å². The Kier molecular flexibility index (Phi) is 21.3. The van der Waals surface area contributed by atoms with E-state index < -0.39 is 34.2 Å². The van der Waals surface area contributed by atoms with Gasteiger partial charge in [0.05, 0.1) is 11.4 Å². The average Bonchev–Trinajstić information content (AvgIpc) is 2.68. The third kappa shape index (κ3) is 22.4. The first kappa shape index (κ1) is 40.4. The number of carbonyl (C=O) groups is 3. The van der Waals surface area contributed by atoms with E-state index in [2.05, 4.69) is 9.97 Å². The summed E-state index contributed by atoms with van der Waals surface area (Å²) >= 11 is 0. The second-order valence-electron chi connectivity index (χ2n) is 10.0. The monoisotopic (exact) mass is 541 g/mol. The number of carboxylic acid groups (broad SMARTS) is 3. The molecule has 10 heteroatoms. The summed E-state index contributed by atoms with van der Waals surface area (Å²) < 4.78 is 0. The minimum absolute atomic E-state index is 0. The van der Waals surface area contributed by atoms with Crippen molar-refractivity contribution in [2.24, 2.45) is 16.2 Å². The molecule has 0 aliphatic heterocycles. The van der Waals surface area contributed by atoms with Crippen molar-refractivity contribution in [3.05, 3.63) is 48.8 Å². The molecule has 1 radical (unpaired) electrons. The fraction of sp³-hybridized carbons (Fsp3) is 0.480. The number of hydrogen-bond acceptors (Lipinski definition) is 8. The Hall–Kier alpha value is -1.78. The average molecular weight is 541 g/mol. The maximum atomic E-state index is 9.91. The van der Waals surface area contributed by atoms with Gasteiger partial charge in [-0.15, -0.1) is 0 Å². The molecule has 2 rings (SSSR count). The van der Waals surface area contributed by atoms with Crippen LogP contribution in [-0.2, 0) is 31.2 Å². The molecule has 2 aromatic heterocycles. The van der Waals surface area contributed by atoms with Gasteiger partial charge in [-0.25, -0.2) is 0 Å². The zero-order valence-electron chi connectivity index (χ0n) is 22.3. The Labute approximate surface area is 241 Å². The minimum atomic E-state index is -1.01. The van der Waals surface area contributed by atoms with Crippen molar-refractivity contribution >= 4 is 17.9 Å². The van der Waals surface area contributed by atoms with E-state index in [1.54, 1.807) is 74.7 Å². The van der Waals surface area contributed by atoms with Crippen LogP contribution in [0.25, 0.3) is 11.4 Å². The van der Waals surface area contributed by atoms with Crippen LogP contribution in [0.5, 0.6) is 0 Å². The molecular formula is C25H35CoN2NaO6. The second kappa shape index (κ2) is 18.5. The van der Waals surface area contributed by atoms with Crippen molar-refractivity contribution in [3.8, 4) is 11.4 Å². The summed E-state index contributed by atoms with van der Waals surface area (Å²) in [6.07, 6.45) is 3.54. The summed E-state index contributed by atoms with van der Waals surface area (Å²) in [5, 5.41) is 29.7. The summed E-state index contributed by atoms with van der Waals surface area (Å²) in [6.45, 7) is 14.4. The van der Waals surface area contributed by atoms with Gasteiger partial charge in [0.1, 0.15) is 0 Å². The van der Waals surface area contributed by atoms with Crippen molar-refractivity contribution in [2.75, 3.05) is 0 Å². The smallest absolute Gasteiger partial charge is 0.550 e. The van der Waals surface area contributed by atoms with Gasteiger partial charge in [0.15, 0.2) is 0 Å². The first-order valence-corrected chi connectivity index (χ1v) is 10.3. The maximum absolute atomic E-state index is 9.91. The standard InChI is InChI=1S/C10H8N2.3C5H10O2.Co.Na/c1-3-7-11-9(5-1)10-6-2-4-8-12-10;3*1-5(2,3)4(6)7;;/h1-8H;3*1-3H3,(H,6,7);;/q;;;;+2;+1/p-3. The summed E-state index contributed by atoms with van der Waals surface area (Å²) in [4.78, 5) is 38.1. The van der Waals surface area contributed by atoms with E-state index in [0.29, 0.717) is 0 Å². The molecular weight excluding hydrogens is 506 g/mol. The molecule has 0 unspecified atom stereocenters. The van der Waals surface area contributed by atoms with Gasteiger partial charge in [-0.1, -0.05) is 74.4 Å². The van der Waals surface area contributed by atoms with Gasteiger partial charge in [0, 0.05) is 46.5 Å². The van der Waals surface area contributed by atoms with Crippen LogP contribution in [-0.4, -0.2) is 27.9 Å². The molecule has 0 aliphatic rings. The van der Waals surface area contributed by atoms with Crippen LogP contribution in [0, 0.1) is 16.2 Å². The first-order valence-electron chi connectivity index (χ1n) is 10.3.